The Kier molecular flexibility index (Phi) is 3800. The summed E-state index contributed by atoms with van der Waals surface area (Å²) in [5.74, 6) is 0. The molecule has 0 atom stereocenters. The van der Waals surface area contributed by atoms with Gasteiger partial charge in [0, 0.05) is 0 Å². The monoisotopic (exact) mass is 269 g/mol. The van der Waals surface area contributed by atoms with Crippen LogP contribution in [0.1, 0.15) is 0 Å². The van der Waals surface area contributed by atoms with Crippen molar-refractivity contribution in [2.45, 2.75) is 0 Å². The van der Waals surface area contributed by atoms with Crippen molar-refractivity contribution >= 4 is 0 Å². The zero-order valence-corrected chi connectivity index (χ0v) is 8.81. The molecule has 0 heterocycles. The normalized spacial score (nSPS) is 0. The van der Waals surface area contributed by atoms with Gasteiger partial charge in [-0.2, -0.15) is 0 Å². The molecule has 0 unspecified atom stereocenters. The average Bonchev–Trinajstić information content (AvgIpc) is 0. The van der Waals surface area contributed by atoms with Crippen molar-refractivity contribution in [3.63, 3.8) is 0 Å². The predicted octanol–water partition coefficient (Wildman–Crippen LogP) is -0.601. The molecule has 0 aliphatic rings. The Morgan fingerprint density at radius 3 is 0.375 bits per heavy atom. The molecule has 0 N–H and O–H groups in total. The van der Waals surface area contributed by atoms with Gasteiger partial charge in [-0.1, -0.05) is 0 Å². The predicted molar refractivity (Wildman–Crippen MR) is 3.43 cm³/mol. The molecule has 0 aliphatic heterocycles. The van der Waals surface area contributed by atoms with Crippen molar-refractivity contribution in [1.82, 2.24) is 0 Å². The Labute approximate surface area is 92.4 Å². The van der Waals surface area contributed by atoms with Gasteiger partial charge < -0.3 is 27.4 Å². The topological polar surface area (TPSA) is 142 Å². The summed E-state index contributed by atoms with van der Waals surface area (Å²) in [7, 11) is 0. The maximum Gasteiger partial charge on any atom is 5.00 e. The second-order valence-electron chi connectivity index (χ2n) is 0. The summed E-state index contributed by atoms with van der Waals surface area (Å²) in [4.78, 5) is 0. The van der Waals surface area contributed by atoms with Gasteiger partial charge in [0.05, 0.1) is 0 Å². The smallest absolute Gasteiger partial charge is 2.00 e. The molecule has 0 aromatic rings. The minimum atomic E-state index is 0. The fraction of sp³-hybridized carbons (Fsp3) is 0. The first-order valence-corrected chi connectivity index (χ1v) is 0. The summed E-state index contributed by atoms with van der Waals surface area (Å²) in [6, 6.07) is 0. The fourth-order valence-electron chi connectivity index (χ4n) is 0. The first-order chi connectivity index (χ1) is 0. The Morgan fingerprint density at radius 1 is 0.375 bits per heavy atom. The van der Waals surface area contributed by atoms with Crippen LogP contribution in [0.15, 0.2) is 0 Å². The van der Waals surface area contributed by atoms with Crippen molar-refractivity contribution in [3.05, 3.63) is 0 Å². The van der Waals surface area contributed by atoms with Gasteiger partial charge in [0.1, 0.15) is 0 Å². The van der Waals surface area contributed by atoms with Crippen LogP contribution in [-0.4, -0.2) is 0 Å². The van der Waals surface area contributed by atoms with Crippen LogP contribution in [0, 0.1) is 0 Å². The molecule has 0 rings (SSSR count). The van der Waals surface area contributed by atoms with Gasteiger partial charge in [0.2, 0.25) is 0 Å². The van der Waals surface area contributed by atoms with E-state index in [-0.39, 0.29) is 93.2 Å². The third-order valence-corrected chi connectivity index (χ3v) is 0. The molecule has 0 saturated carbocycles. The molecule has 0 aliphatic carbocycles. The third kappa shape index (κ3) is 99.8. The third-order valence-electron chi connectivity index (χ3n) is 0. The van der Waals surface area contributed by atoms with Crippen molar-refractivity contribution in [2.24, 2.45) is 0 Å². The number of rotatable bonds is 0. The second-order valence-corrected chi connectivity index (χ2v) is 0. The maximum absolute atomic E-state index is 0. The zero-order valence-electron chi connectivity index (χ0n) is 3.49. The van der Waals surface area contributed by atoms with Gasteiger partial charge in [-0.25, -0.2) is 0 Å². The van der Waals surface area contributed by atoms with E-state index in [1.807, 2.05) is 0 Å². The number of hydrogen-bond donors (Lipinski definition) is 0. The van der Waals surface area contributed by atoms with Crippen molar-refractivity contribution < 1.29 is 93.2 Å². The molecular formula is NbO5Ti2+3. The fourth-order valence-corrected chi connectivity index (χ4v) is 0. The molecule has 8 heteroatoms. The molecule has 0 fully saturated rings. The number of hydrogen-bond acceptors (Lipinski definition) is 0. The average molecular weight is 269 g/mol. The summed E-state index contributed by atoms with van der Waals surface area (Å²) in [5.41, 5.74) is 0. The van der Waals surface area contributed by atoms with Gasteiger partial charge in [-0.3, -0.25) is 0 Å². The molecule has 0 bridgehead atoms. The molecular weight excluding hydrogens is 269 g/mol. The summed E-state index contributed by atoms with van der Waals surface area (Å²) < 4.78 is 0. The minimum Gasteiger partial charge on any atom is -2.00 e. The summed E-state index contributed by atoms with van der Waals surface area (Å²) in [6.07, 6.45) is 0. The van der Waals surface area contributed by atoms with E-state index in [2.05, 4.69) is 0 Å². The van der Waals surface area contributed by atoms with Gasteiger partial charge >= 0.3 is 65.8 Å². The molecule has 0 saturated heterocycles. The molecule has 0 amide bonds. The van der Waals surface area contributed by atoms with Crippen LogP contribution in [0.2, 0.25) is 0 Å². The van der Waals surface area contributed by atoms with Crippen LogP contribution >= 0.6 is 0 Å². The van der Waals surface area contributed by atoms with Crippen LogP contribution in [0.5, 0.6) is 0 Å². The first kappa shape index (κ1) is 207. The molecule has 0 radical (unpaired) electrons. The second kappa shape index (κ2) is 147. The SMILES string of the molecule is [Nb+5].[O-2].[O-2].[O-2].[O-2].[O-2].[Ti+4].[Ti+4]. The van der Waals surface area contributed by atoms with Gasteiger partial charge in [-0.15, -0.1) is 0 Å². The van der Waals surface area contributed by atoms with Crippen LogP contribution in [0.3, 0.4) is 0 Å². The van der Waals surface area contributed by atoms with Crippen molar-refractivity contribution in [2.75, 3.05) is 0 Å². The summed E-state index contributed by atoms with van der Waals surface area (Å²) in [6.45, 7) is 0. The van der Waals surface area contributed by atoms with Crippen LogP contribution < -0.4 is 0 Å². The zero-order chi connectivity index (χ0) is 0. The van der Waals surface area contributed by atoms with Gasteiger partial charge in [-0.05, 0) is 0 Å². The van der Waals surface area contributed by atoms with Crippen LogP contribution in [0.25, 0.3) is 0 Å². The van der Waals surface area contributed by atoms with E-state index in [4.69, 9.17) is 0 Å². The Hall–Kier alpha value is 1.97. The van der Waals surface area contributed by atoms with Crippen molar-refractivity contribution in [3.8, 4) is 0 Å². The van der Waals surface area contributed by atoms with E-state index in [1.165, 1.54) is 0 Å². The first-order valence-electron chi connectivity index (χ1n) is 0. The summed E-state index contributed by atoms with van der Waals surface area (Å²) >= 11 is 0. The molecule has 0 spiro atoms. The molecule has 40 valence electrons. The van der Waals surface area contributed by atoms with E-state index >= 15 is 0 Å². The van der Waals surface area contributed by atoms with E-state index in [1.54, 1.807) is 0 Å². The standard InChI is InChI=1S/Nb.5O.2Ti/q+5;5*-2;2*+4. The van der Waals surface area contributed by atoms with E-state index in [0.717, 1.165) is 0 Å². The van der Waals surface area contributed by atoms with Gasteiger partial charge in [0.25, 0.3) is 0 Å². The molecule has 0 aromatic carbocycles. The van der Waals surface area contributed by atoms with E-state index in [9.17, 15) is 0 Å². The largest absolute Gasteiger partial charge is 5.00 e. The molecule has 8 heavy (non-hydrogen) atoms. The summed E-state index contributed by atoms with van der Waals surface area (Å²) in [5, 5.41) is 0. The van der Waals surface area contributed by atoms with Gasteiger partial charge in [0.15, 0.2) is 0 Å². The minimum absolute atomic E-state index is 0. The Morgan fingerprint density at radius 2 is 0.375 bits per heavy atom. The van der Waals surface area contributed by atoms with E-state index < -0.39 is 0 Å². The van der Waals surface area contributed by atoms with Crippen LogP contribution in [0.4, 0.5) is 0 Å². The Bertz CT molecular complexity index is 10.4. The van der Waals surface area contributed by atoms with Crippen molar-refractivity contribution in [1.29, 1.82) is 0 Å². The molecule has 5 nitrogen and oxygen atoms in total. The quantitative estimate of drug-likeness (QED) is 0.517. The molecule has 0 aromatic heterocycles. The Balaban J connectivity index is 0. The maximum atomic E-state index is 0. The van der Waals surface area contributed by atoms with Crippen LogP contribution in [-0.2, 0) is 93.2 Å². The van der Waals surface area contributed by atoms with E-state index in [0.29, 0.717) is 0 Å².